The van der Waals surface area contributed by atoms with Crippen molar-refractivity contribution < 1.29 is 14.6 Å². The van der Waals surface area contributed by atoms with Crippen LogP contribution in [0.4, 0.5) is 11.4 Å². The molecule has 1 aliphatic carbocycles. The van der Waals surface area contributed by atoms with Gasteiger partial charge in [-0.25, -0.2) is 4.68 Å². The van der Waals surface area contributed by atoms with E-state index in [1.807, 2.05) is 27.0 Å². The number of carbonyl (C=O) groups is 1. The summed E-state index contributed by atoms with van der Waals surface area (Å²) in [7, 11) is 0. The summed E-state index contributed by atoms with van der Waals surface area (Å²) in [6.45, 7) is 4.60. The first kappa shape index (κ1) is 22.5. The van der Waals surface area contributed by atoms with E-state index in [1.165, 1.54) is 0 Å². The Morgan fingerprint density at radius 1 is 1.03 bits per heavy atom. The normalized spacial score (nSPS) is 24.3. The molecular formula is C26H34N6O3. The highest BCUT2D eigenvalue weighted by atomic mass is 16.5. The van der Waals surface area contributed by atoms with E-state index in [0.717, 1.165) is 62.6 Å². The topological polar surface area (TPSA) is 86.4 Å². The van der Waals surface area contributed by atoms with Crippen molar-refractivity contribution in [1.82, 2.24) is 14.7 Å². The van der Waals surface area contributed by atoms with Gasteiger partial charge in [-0.3, -0.25) is 9.80 Å². The van der Waals surface area contributed by atoms with Gasteiger partial charge in [0, 0.05) is 44.7 Å². The second kappa shape index (κ2) is 9.28. The lowest BCUT2D eigenvalue weighted by Gasteiger charge is -2.40. The van der Waals surface area contributed by atoms with Crippen molar-refractivity contribution in [3.8, 4) is 5.69 Å². The van der Waals surface area contributed by atoms with E-state index in [4.69, 9.17) is 4.74 Å². The number of carbonyl (C=O) groups excluding carboxylic acids is 1. The Morgan fingerprint density at radius 3 is 2.46 bits per heavy atom. The first-order valence-corrected chi connectivity index (χ1v) is 12.9. The number of piperidine rings is 1. The number of amides is 1. The third-order valence-corrected chi connectivity index (χ3v) is 7.80. The Morgan fingerprint density at radius 2 is 1.74 bits per heavy atom. The number of hydrazone groups is 1. The lowest BCUT2D eigenvalue weighted by molar-refractivity contribution is -0.137. The molecule has 1 amide bonds. The van der Waals surface area contributed by atoms with Crippen LogP contribution in [0.5, 0.6) is 0 Å². The van der Waals surface area contributed by atoms with Crippen molar-refractivity contribution in [2.24, 2.45) is 11.0 Å². The highest BCUT2D eigenvalue weighted by Crippen LogP contribution is 2.36. The van der Waals surface area contributed by atoms with E-state index in [1.54, 1.807) is 0 Å². The number of benzene rings is 1. The third-order valence-electron chi connectivity index (χ3n) is 7.80. The zero-order chi connectivity index (χ0) is 23.8. The maximum atomic E-state index is 12.4. The molecule has 1 aromatic heterocycles. The molecule has 3 fully saturated rings. The molecule has 1 atom stereocenters. The fourth-order valence-corrected chi connectivity index (χ4v) is 5.47. The molecule has 1 unspecified atom stereocenters. The molecule has 2 aromatic rings. The van der Waals surface area contributed by atoms with E-state index < -0.39 is 5.60 Å². The Hall–Kier alpha value is -2.91. The number of ether oxygens (including phenoxy) is 1. The molecule has 9 nitrogen and oxygen atoms in total. The second-order valence-electron chi connectivity index (χ2n) is 10.3. The monoisotopic (exact) mass is 478 g/mol. The van der Waals surface area contributed by atoms with Gasteiger partial charge in [0.1, 0.15) is 0 Å². The lowest BCUT2D eigenvalue weighted by atomic mass is 9.84. The van der Waals surface area contributed by atoms with Crippen molar-refractivity contribution >= 4 is 23.5 Å². The van der Waals surface area contributed by atoms with E-state index >= 15 is 0 Å². The van der Waals surface area contributed by atoms with Gasteiger partial charge in [0.15, 0.2) is 0 Å². The molecule has 4 aliphatic rings. The molecule has 35 heavy (non-hydrogen) atoms. The number of nitrogens with zero attached hydrogens (tertiary/aromatic N) is 6. The Balaban J connectivity index is 1.08. The van der Waals surface area contributed by atoms with Gasteiger partial charge in [0.25, 0.3) is 0 Å². The van der Waals surface area contributed by atoms with Gasteiger partial charge in [-0.2, -0.15) is 10.2 Å². The number of anilines is 2. The maximum absolute atomic E-state index is 12.4. The summed E-state index contributed by atoms with van der Waals surface area (Å²) in [4.78, 5) is 16.6. The van der Waals surface area contributed by atoms with E-state index in [0.29, 0.717) is 32.4 Å². The zero-order valence-electron chi connectivity index (χ0n) is 20.1. The van der Waals surface area contributed by atoms with Gasteiger partial charge in [-0.05, 0) is 56.4 Å². The van der Waals surface area contributed by atoms with Gasteiger partial charge in [0.05, 0.1) is 54.3 Å². The summed E-state index contributed by atoms with van der Waals surface area (Å²) in [6, 6.07) is 8.39. The molecule has 0 radical (unpaired) electrons. The van der Waals surface area contributed by atoms with E-state index in [2.05, 4.69) is 45.6 Å². The Labute approximate surface area is 205 Å². The number of rotatable bonds is 6. The number of likely N-dealkylation sites (tertiary alicyclic amines) is 1. The summed E-state index contributed by atoms with van der Waals surface area (Å²) >= 11 is 0. The molecule has 9 heteroatoms. The van der Waals surface area contributed by atoms with Crippen LogP contribution >= 0.6 is 0 Å². The second-order valence-corrected chi connectivity index (χ2v) is 10.3. The van der Waals surface area contributed by atoms with Crippen LogP contribution in [0.1, 0.15) is 38.5 Å². The van der Waals surface area contributed by atoms with Crippen molar-refractivity contribution in [3.63, 3.8) is 0 Å². The predicted octanol–water partition coefficient (Wildman–Crippen LogP) is 2.43. The Bertz CT molecular complexity index is 1070. The minimum absolute atomic E-state index is 0.120. The summed E-state index contributed by atoms with van der Waals surface area (Å²) in [6.07, 6.45) is 10.7. The first-order chi connectivity index (χ1) is 17.1. The average Bonchev–Trinajstić information content (AvgIpc) is 3.45. The summed E-state index contributed by atoms with van der Waals surface area (Å²) in [5.41, 5.74) is 2.37. The standard InChI is InChI=1S/C26H34N6O3/c33-25(20-1-2-20)30-11-8-26(34,9-12-30)17-23-7-10-27-32(23)22-5-3-21(4-6-22)31-19-24(18-28-31)29-13-15-35-16-14-29/h3-6,10,18-20,23,34H,1-2,7-9,11-17H2. The van der Waals surface area contributed by atoms with Crippen LogP contribution in [0, 0.1) is 5.92 Å². The van der Waals surface area contributed by atoms with Crippen LogP contribution < -0.4 is 9.91 Å². The summed E-state index contributed by atoms with van der Waals surface area (Å²) in [5.74, 6) is 0.530. The molecule has 3 aliphatic heterocycles. The first-order valence-electron chi connectivity index (χ1n) is 12.9. The number of aliphatic hydroxyl groups is 1. The van der Waals surface area contributed by atoms with Crippen molar-refractivity contribution in [1.29, 1.82) is 0 Å². The minimum Gasteiger partial charge on any atom is -0.390 e. The molecule has 1 aromatic carbocycles. The van der Waals surface area contributed by atoms with Crippen LogP contribution in [0.3, 0.4) is 0 Å². The molecule has 1 saturated carbocycles. The van der Waals surface area contributed by atoms with Crippen molar-refractivity contribution in [2.75, 3.05) is 49.3 Å². The van der Waals surface area contributed by atoms with Crippen LogP contribution in [0.25, 0.3) is 5.69 Å². The van der Waals surface area contributed by atoms with Gasteiger partial charge in [-0.1, -0.05) is 0 Å². The van der Waals surface area contributed by atoms with E-state index in [-0.39, 0.29) is 17.9 Å². The van der Waals surface area contributed by atoms with Gasteiger partial charge >= 0.3 is 0 Å². The SMILES string of the molecule is O=C(C1CC1)N1CCC(O)(CC2CC=NN2c2ccc(-n3cc(N4CCOCC4)cn3)cc2)CC1. The maximum Gasteiger partial charge on any atom is 0.225 e. The Kier molecular flexibility index (Phi) is 5.98. The fourth-order valence-electron chi connectivity index (χ4n) is 5.47. The highest BCUT2D eigenvalue weighted by molar-refractivity contribution is 5.81. The molecule has 0 bridgehead atoms. The van der Waals surface area contributed by atoms with Crippen molar-refractivity contribution in [3.05, 3.63) is 36.7 Å². The summed E-state index contributed by atoms with van der Waals surface area (Å²) < 4.78 is 7.35. The highest BCUT2D eigenvalue weighted by Gasteiger charge is 2.41. The molecule has 2 saturated heterocycles. The number of morpholine rings is 1. The number of hydrogen-bond acceptors (Lipinski definition) is 7. The van der Waals surface area contributed by atoms with Crippen LogP contribution in [-0.2, 0) is 9.53 Å². The molecule has 1 N–H and O–H groups in total. The molecular weight excluding hydrogens is 444 g/mol. The smallest absolute Gasteiger partial charge is 0.225 e. The molecule has 6 rings (SSSR count). The third kappa shape index (κ3) is 4.79. The average molecular weight is 479 g/mol. The minimum atomic E-state index is -0.748. The lowest BCUT2D eigenvalue weighted by Crippen LogP contribution is -2.49. The van der Waals surface area contributed by atoms with Crippen LogP contribution in [-0.4, -0.2) is 82.9 Å². The van der Waals surface area contributed by atoms with Crippen molar-refractivity contribution in [2.45, 2.75) is 50.2 Å². The largest absolute Gasteiger partial charge is 0.390 e. The van der Waals surface area contributed by atoms with Gasteiger partial charge in [-0.15, -0.1) is 0 Å². The zero-order valence-corrected chi connectivity index (χ0v) is 20.1. The van der Waals surface area contributed by atoms with E-state index in [9.17, 15) is 9.90 Å². The summed E-state index contributed by atoms with van der Waals surface area (Å²) in [5, 5.41) is 22.5. The molecule has 4 heterocycles. The molecule has 0 spiro atoms. The number of aromatic nitrogens is 2. The van der Waals surface area contributed by atoms with Gasteiger partial charge < -0.3 is 19.6 Å². The fraction of sp³-hybridized carbons (Fsp3) is 0.577. The van der Waals surface area contributed by atoms with Gasteiger partial charge in [0.2, 0.25) is 5.91 Å². The van der Waals surface area contributed by atoms with Crippen LogP contribution in [0.15, 0.2) is 41.8 Å². The quantitative estimate of drug-likeness (QED) is 0.686. The van der Waals surface area contributed by atoms with Crippen LogP contribution in [0.2, 0.25) is 0 Å². The predicted molar refractivity (Wildman–Crippen MR) is 134 cm³/mol. The number of hydrogen-bond donors (Lipinski definition) is 1. The molecule has 186 valence electrons.